The second kappa shape index (κ2) is 6.89. The van der Waals surface area contributed by atoms with Crippen molar-refractivity contribution in [3.05, 3.63) is 29.3 Å². The Morgan fingerprint density at radius 2 is 1.84 bits per heavy atom. The minimum atomic E-state index is -0.203. The van der Waals surface area contributed by atoms with Gasteiger partial charge in [-0.15, -0.1) is 0 Å². The molecule has 0 bridgehead atoms. The minimum absolute atomic E-state index is 0.0343. The van der Waals surface area contributed by atoms with Crippen molar-refractivity contribution in [1.29, 1.82) is 0 Å². The second-order valence-corrected chi connectivity index (χ2v) is 4.60. The summed E-state index contributed by atoms with van der Waals surface area (Å²) in [6.07, 6.45) is 0.257. The Hall–Kier alpha value is -1.88. The lowest BCUT2D eigenvalue weighted by atomic mass is 10.1. The van der Waals surface area contributed by atoms with E-state index in [9.17, 15) is 9.59 Å². The maximum absolute atomic E-state index is 11.9. The average Bonchev–Trinajstić information content (AvgIpc) is 2.34. The molecule has 0 aliphatic carbocycles. The summed E-state index contributed by atoms with van der Waals surface area (Å²) < 4.78 is 0. The van der Waals surface area contributed by atoms with Crippen LogP contribution in [0.2, 0.25) is 0 Å². The molecule has 0 heterocycles. The molecule has 104 valence electrons. The normalized spacial score (nSPS) is 10.1. The largest absolute Gasteiger partial charge is 0.336 e. The SMILES string of the molecule is Cc1cccc(C)c1NC(=O)CN(C)C(=O)CCN. The maximum Gasteiger partial charge on any atom is 0.243 e. The fourth-order valence-corrected chi connectivity index (χ4v) is 1.81. The molecule has 1 rings (SSSR count). The van der Waals surface area contributed by atoms with E-state index in [0.29, 0.717) is 6.54 Å². The number of para-hydroxylation sites is 1. The second-order valence-electron chi connectivity index (χ2n) is 4.60. The number of carbonyl (C=O) groups excluding carboxylic acids is 2. The fourth-order valence-electron chi connectivity index (χ4n) is 1.81. The molecule has 3 N–H and O–H groups in total. The molecule has 5 nitrogen and oxygen atoms in total. The highest BCUT2D eigenvalue weighted by atomic mass is 16.2. The number of hydrogen-bond donors (Lipinski definition) is 2. The van der Waals surface area contributed by atoms with E-state index < -0.39 is 0 Å². The number of amides is 2. The van der Waals surface area contributed by atoms with Crippen molar-refractivity contribution >= 4 is 17.5 Å². The lowest BCUT2D eigenvalue weighted by Crippen LogP contribution is -2.35. The first-order chi connectivity index (χ1) is 8.95. The van der Waals surface area contributed by atoms with Crippen molar-refractivity contribution in [3.8, 4) is 0 Å². The molecular weight excluding hydrogens is 242 g/mol. The van der Waals surface area contributed by atoms with Gasteiger partial charge in [-0.2, -0.15) is 0 Å². The van der Waals surface area contributed by atoms with Crippen molar-refractivity contribution < 1.29 is 9.59 Å². The molecule has 0 aliphatic rings. The van der Waals surface area contributed by atoms with Crippen molar-refractivity contribution in [2.24, 2.45) is 5.73 Å². The van der Waals surface area contributed by atoms with Gasteiger partial charge in [-0.05, 0) is 25.0 Å². The van der Waals surface area contributed by atoms with Gasteiger partial charge in [0.2, 0.25) is 11.8 Å². The summed E-state index contributed by atoms with van der Waals surface area (Å²) in [7, 11) is 1.60. The molecule has 0 atom stereocenters. The van der Waals surface area contributed by atoms with E-state index in [1.54, 1.807) is 7.05 Å². The molecule has 1 aromatic rings. The topological polar surface area (TPSA) is 75.4 Å². The van der Waals surface area contributed by atoms with Gasteiger partial charge in [-0.3, -0.25) is 9.59 Å². The van der Waals surface area contributed by atoms with Crippen molar-refractivity contribution in [3.63, 3.8) is 0 Å². The number of hydrogen-bond acceptors (Lipinski definition) is 3. The van der Waals surface area contributed by atoms with E-state index in [1.807, 2.05) is 32.0 Å². The first-order valence-electron chi connectivity index (χ1n) is 6.25. The Labute approximate surface area is 113 Å². The van der Waals surface area contributed by atoms with E-state index in [4.69, 9.17) is 5.73 Å². The third-order valence-corrected chi connectivity index (χ3v) is 2.91. The van der Waals surface area contributed by atoms with Crippen LogP contribution in [0.1, 0.15) is 17.5 Å². The number of nitrogens with two attached hydrogens (primary N) is 1. The molecule has 0 spiro atoms. The van der Waals surface area contributed by atoms with Crippen LogP contribution in [0.4, 0.5) is 5.69 Å². The monoisotopic (exact) mass is 263 g/mol. The predicted octanol–water partition coefficient (Wildman–Crippen LogP) is 1.05. The molecule has 1 aromatic carbocycles. The highest BCUT2D eigenvalue weighted by molar-refractivity contribution is 5.95. The Balaban J connectivity index is 2.63. The highest BCUT2D eigenvalue weighted by Gasteiger charge is 2.13. The number of nitrogens with zero attached hydrogens (tertiary/aromatic N) is 1. The number of carbonyl (C=O) groups is 2. The van der Waals surface area contributed by atoms with Gasteiger partial charge in [0, 0.05) is 25.7 Å². The summed E-state index contributed by atoms with van der Waals surface area (Å²) in [5.74, 6) is -0.329. The number of nitrogens with one attached hydrogen (secondary N) is 1. The molecule has 0 saturated carbocycles. The number of anilines is 1. The van der Waals surface area contributed by atoms with Gasteiger partial charge >= 0.3 is 0 Å². The number of likely N-dealkylation sites (N-methyl/N-ethyl adjacent to an activating group) is 1. The van der Waals surface area contributed by atoms with Gasteiger partial charge in [-0.1, -0.05) is 18.2 Å². The molecule has 0 fully saturated rings. The smallest absolute Gasteiger partial charge is 0.243 e. The predicted molar refractivity (Wildman–Crippen MR) is 75.9 cm³/mol. The van der Waals surface area contributed by atoms with E-state index in [2.05, 4.69) is 5.32 Å². The van der Waals surface area contributed by atoms with Gasteiger partial charge in [0.05, 0.1) is 6.54 Å². The van der Waals surface area contributed by atoms with Crippen LogP contribution >= 0.6 is 0 Å². The fraction of sp³-hybridized carbons (Fsp3) is 0.429. The lowest BCUT2D eigenvalue weighted by Gasteiger charge is -2.17. The summed E-state index contributed by atoms with van der Waals surface area (Å²) in [5.41, 5.74) is 8.13. The lowest BCUT2D eigenvalue weighted by molar-refractivity contribution is -0.133. The van der Waals surface area contributed by atoms with Crippen LogP contribution in [0, 0.1) is 13.8 Å². The summed E-state index contributed by atoms with van der Waals surface area (Å²) in [6.45, 7) is 4.20. The number of benzene rings is 1. The Morgan fingerprint density at radius 3 is 2.37 bits per heavy atom. The molecular formula is C14H21N3O2. The molecule has 0 aliphatic heterocycles. The maximum atomic E-state index is 11.9. The van der Waals surface area contributed by atoms with E-state index in [1.165, 1.54) is 4.90 Å². The van der Waals surface area contributed by atoms with Gasteiger partial charge < -0.3 is 16.0 Å². The summed E-state index contributed by atoms with van der Waals surface area (Å²) in [6, 6.07) is 5.81. The van der Waals surface area contributed by atoms with Gasteiger partial charge in [0.25, 0.3) is 0 Å². The molecule has 5 heteroatoms. The molecule has 19 heavy (non-hydrogen) atoms. The Bertz CT molecular complexity index is 452. The molecule has 0 saturated heterocycles. The molecule has 0 unspecified atom stereocenters. The first kappa shape index (κ1) is 15.2. The van der Waals surface area contributed by atoms with Crippen LogP contribution in [-0.2, 0) is 9.59 Å². The summed E-state index contributed by atoms with van der Waals surface area (Å²) >= 11 is 0. The van der Waals surface area contributed by atoms with E-state index in [-0.39, 0.29) is 24.8 Å². The Kier molecular flexibility index (Phi) is 5.51. The van der Waals surface area contributed by atoms with Crippen LogP contribution < -0.4 is 11.1 Å². The van der Waals surface area contributed by atoms with Crippen LogP contribution in [0.15, 0.2) is 18.2 Å². The van der Waals surface area contributed by atoms with Crippen LogP contribution in [0.5, 0.6) is 0 Å². The van der Waals surface area contributed by atoms with Gasteiger partial charge in [0.15, 0.2) is 0 Å². The van der Waals surface area contributed by atoms with Crippen LogP contribution in [-0.4, -0.2) is 36.9 Å². The highest BCUT2D eigenvalue weighted by Crippen LogP contribution is 2.19. The summed E-state index contributed by atoms with van der Waals surface area (Å²) in [5, 5.41) is 2.84. The quantitative estimate of drug-likeness (QED) is 0.833. The molecule has 0 radical (unpaired) electrons. The molecule has 0 aromatic heterocycles. The average molecular weight is 263 g/mol. The van der Waals surface area contributed by atoms with Crippen LogP contribution in [0.3, 0.4) is 0 Å². The Morgan fingerprint density at radius 1 is 1.26 bits per heavy atom. The van der Waals surface area contributed by atoms with E-state index >= 15 is 0 Å². The zero-order valence-electron chi connectivity index (χ0n) is 11.7. The zero-order valence-corrected chi connectivity index (χ0v) is 11.7. The van der Waals surface area contributed by atoms with Crippen molar-refractivity contribution in [2.75, 3.05) is 25.5 Å². The molecule has 2 amide bonds. The van der Waals surface area contributed by atoms with Crippen molar-refractivity contribution in [1.82, 2.24) is 4.90 Å². The third kappa shape index (κ3) is 4.37. The van der Waals surface area contributed by atoms with Crippen LogP contribution in [0.25, 0.3) is 0 Å². The standard InChI is InChI=1S/C14H21N3O2/c1-10-5-4-6-11(2)14(10)16-12(18)9-17(3)13(19)7-8-15/h4-6H,7-9,15H2,1-3H3,(H,16,18). The van der Waals surface area contributed by atoms with Gasteiger partial charge in [0.1, 0.15) is 0 Å². The number of aryl methyl sites for hydroxylation is 2. The van der Waals surface area contributed by atoms with Crippen molar-refractivity contribution in [2.45, 2.75) is 20.3 Å². The first-order valence-corrected chi connectivity index (χ1v) is 6.25. The third-order valence-electron chi connectivity index (χ3n) is 2.91. The number of rotatable bonds is 5. The minimum Gasteiger partial charge on any atom is -0.336 e. The van der Waals surface area contributed by atoms with E-state index in [0.717, 1.165) is 16.8 Å². The summed E-state index contributed by atoms with van der Waals surface area (Å²) in [4.78, 5) is 24.8. The zero-order chi connectivity index (χ0) is 14.4. The van der Waals surface area contributed by atoms with Gasteiger partial charge in [-0.25, -0.2) is 0 Å².